The predicted octanol–water partition coefficient (Wildman–Crippen LogP) is 1.68. The Balaban J connectivity index is 1.44. The van der Waals surface area contributed by atoms with Crippen LogP contribution in [0.15, 0.2) is 24.4 Å². The van der Waals surface area contributed by atoms with Gasteiger partial charge in [0.2, 0.25) is 17.7 Å². The Kier molecular flexibility index (Phi) is 8.95. The molecular formula is C26H39N5O4. The molecule has 0 bridgehead atoms. The van der Waals surface area contributed by atoms with E-state index in [-0.39, 0.29) is 35.6 Å². The number of nitrogens with zero attached hydrogens (tertiary/aromatic N) is 4. The summed E-state index contributed by atoms with van der Waals surface area (Å²) in [6.45, 7) is 4.43. The lowest BCUT2D eigenvalue weighted by Gasteiger charge is -2.36. The third kappa shape index (κ3) is 6.31. The normalized spacial score (nSPS) is 26.0. The molecule has 3 fully saturated rings. The van der Waals surface area contributed by atoms with E-state index in [1.165, 1.54) is 0 Å². The van der Waals surface area contributed by atoms with Crippen LogP contribution in [-0.4, -0.2) is 91.5 Å². The summed E-state index contributed by atoms with van der Waals surface area (Å²) in [5, 5.41) is 3.08. The first kappa shape index (κ1) is 25.4. The summed E-state index contributed by atoms with van der Waals surface area (Å²) in [6.07, 6.45) is 7.09. The van der Waals surface area contributed by atoms with Crippen LogP contribution in [0.3, 0.4) is 0 Å². The first-order valence-corrected chi connectivity index (χ1v) is 13.1. The van der Waals surface area contributed by atoms with Crippen LogP contribution in [0.1, 0.15) is 44.9 Å². The van der Waals surface area contributed by atoms with Crippen LogP contribution in [-0.2, 0) is 19.1 Å². The van der Waals surface area contributed by atoms with Crippen LogP contribution in [0.4, 0.5) is 5.82 Å². The number of ether oxygens (including phenoxy) is 1. The molecule has 3 heterocycles. The van der Waals surface area contributed by atoms with Crippen molar-refractivity contribution >= 4 is 23.5 Å². The monoisotopic (exact) mass is 485 g/mol. The molecule has 1 aromatic heterocycles. The smallest absolute Gasteiger partial charge is 0.225 e. The molecule has 4 rings (SSSR count). The minimum Gasteiger partial charge on any atom is -0.384 e. The molecule has 1 aromatic rings. The van der Waals surface area contributed by atoms with Crippen molar-refractivity contribution in [2.24, 2.45) is 11.8 Å². The Morgan fingerprint density at radius 1 is 1.06 bits per heavy atom. The van der Waals surface area contributed by atoms with Gasteiger partial charge in [-0.15, -0.1) is 0 Å². The topological polar surface area (TPSA) is 95.1 Å². The summed E-state index contributed by atoms with van der Waals surface area (Å²) in [5.41, 5.74) is 0. The van der Waals surface area contributed by atoms with Gasteiger partial charge in [-0.25, -0.2) is 4.98 Å². The molecular weight excluding hydrogens is 446 g/mol. The van der Waals surface area contributed by atoms with E-state index < -0.39 is 0 Å². The van der Waals surface area contributed by atoms with E-state index in [0.29, 0.717) is 52.0 Å². The van der Waals surface area contributed by atoms with Crippen molar-refractivity contribution in [1.82, 2.24) is 20.1 Å². The molecule has 1 N–H and O–H groups in total. The maximum Gasteiger partial charge on any atom is 0.225 e. The fraction of sp³-hybridized carbons (Fsp3) is 0.692. The second kappa shape index (κ2) is 12.3. The van der Waals surface area contributed by atoms with Crippen molar-refractivity contribution in [1.29, 1.82) is 0 Å². The first-order chi connectivity index (χ1) is 17.1. The zero-order valence-corrected chi connectivity index (χ0v) is 20.9. The van der Waals surface area contributed by atoms with Crippen molar-refractivity contribution in [3.8, 4) is 0 Å². The quantitative estimate of drug-likeness (QED) is 0.682. The molecule has 3 atom stereocenters. The van der Waals surface area contributed by atoms with Crippen molar-refractivity contribution in [2.75, 3.05) is 57.9 Å². The van der Waals surface area contributed by atoms with E-state index in [4.69, 9.17) is 4.74 Å². The highest BCUT2D eigenvalue weighted by atomic mass is 16.5. The van der Waals surface area contributed by atoms with E-state index in [2.05, 4.69) is 15.2 Å². The molecule has 192 valence electrons. The maximum absolute atomic E-state index is 13.5. The molecule has 3 aliphatic rings. The molecule has 3 unspecified atom stereocenters. The van der Waals surface area contributed by atoms with Gasteiger partial charge in [-0.05, 0) is 37.8 Å². The van der Waals surface area contributed by atoms with E-state index in [1.807, 2.05) is 28.0 Å². The number of aromatic nitrogens is 1. The predicted molar refractivity (Wildman–Crippen MR) is 133 cm³/mol. The second-order valence-corrected chi connectivity index (χ2v) is 9.88. The summed E-state index contributed by atoms with van der Waals surface area (Å²) in [6, 6.07) is 5.63. The van der Waals surface area contributed by atoms with Crippen LogP contribution >= 0.6 is 0 Å². The lowest BCUT2D eigenvalue weighted by atomic mass is 9.99. The van der Waals surface area contributed by atoms with E-state index in [9.17, 15) is 14.4 Å². The molecule has 2 saturated heterocycles. The van der Waals surface area contributed by atoms with Gasteiger partial charge in [0.15, 0.2) is 0 Å². The van der Waals surface area contributed by atoms with Crippen LogP contribution < -0.4 is 10.2 Å². The Labute approximate surface area is 208 Å². The summed E-state index contributed by atoms with van der Waals surface area (Å²) in [5.74, 6) is 0.468. The van der Waals surface area contributed by atoms with Gasteiger partial charge >= 0.3 is 0 Å². The zero-order chi connectivity index (χ0) is 24.6. The Bertz CT molecular complexity index is 859. The third-order valence-corrected chi connectivity index (χ3v) is 7.65. The van der Waals surface area contributed by atoms with E-state index in [0.717, 1.165) is 44.6 Å². The number of hydrogen-bond acceptors (Lipinski definition) is 6. The van der Waals surface area contributed by atoms with Crippen molar-refractivity contribution < 1.29 is 19.1 Å². The number of carbonyl (C=O) groups is 3. The standard InChI is InChI=1S/C26H39N5O4/c1-35-17-9-24(32)31-12-7-3-2-5-11-28-25(33)21-18-20(19-22(21)31)26(34)30-15-13-29(14-16-30)23-8-4-6-10-27-23/h4,6,8,10,20-22H,2-3,5,7,9,11-19H2,1H3,(H,28,33). The number of methoxy groups -OCH3 is 1. The Morgan fingerprint density at radius 3 is 2.60 bits per heavy atom. The minimum atomic E-state index is -0.344. The van der Waals surface area contributed by atoms with Gasteiger partial charge in [0.1, 0.15) is 5.82 Å². The van der Waals surface area contributed by atoms with Crippen LogP contribution in [0, 0.1) is 11.8 Å². The van der Waals surface area contributed by atoms with Gasteiger partial charge in [-0.3, -0.25) is 14.4 Å². The summed E-state index contributed by atoms with van der Waals surface area (Å²) < 4.78 is 5.14. The molecule has 2 aliphatic heterocycles. The fourth-order valence-corrected chi connectivity index (χ4v) is 5.71. The molecule has 0 spiro atoms. The third-order valence-electron chi connectivity index (χ3n) is 7.65. The van der Waals surface area contributed by atoms with Gasteiger partial charge in [-0.1, -0.05) is 18.9 Å². The SMILES string of the molecule is COCCC(=O)N1CCCCCCNC(=O)C2CC(C(=O)N3CCN(c4ccccn4)CC3)CC21. The van der Waals surface area contributed by atoms with E-state index >= 15 is 0 Å². The summed E-state index contributed by atoms with van der Waals surface area (Å²) in [7, 11) is 1.59. The molecule has 0 radical (unpaired) electrons. The number of fused-ring (bicyclic) bond motifs is 1. The average Bonchev–Trinajstić information content (AvgIpc) is 3.33. The second-order valence-electron chi connectivity index (χ2n) is 9.88. The Hall–Kier alpha value is -2.68. The Morgan fingerprint density at radius 2 is 1.86 bits per heavy atom. The van der Waals surface area contributed by atoms with Gasteiger partial charge < -0.3 is 24.8 Å². The number of pyridine rings is 1. The minimum absolute atomic E-state index is 0.0169. The first-order valence-electron chi connectivity index (χ1n) is 13.1. The number of rotatable bonds is 5. The average molecular weight is 486 g/mol. The molecule has 0 aromatic carbocycles. The summed E-state index contributed by atoms with van der Waals surface area (Å²) >= 11 is 0. The number of hydrogen-bond donors (Lipinski definition) is 1. The number of nitrogens with one attached hydrogen (secondary N) is 1. The highest BCUT2D eigenvalue weighted by Crippen LogP contribution is 2.37. The lowest BCUT2D eigenvalue weighted by Crippen LogP contribution is -2.50. The van der Waals surface area contributed by atoms with Crippen LogP contribution in [0.25, 0.3) is 0 Å². The van der Waals surface area contributed by atoms with Crippen molar-refractivity contribution in [3.05, 3.63) is 24.4 Å². The molecule has 1 aliphatic carbocycles. The number of amides is 3. The van der Waals surface area contributed by atoms with Crippen molar-refractivity contribution in [2.45, 2.75) is 51.0 Å². The molecule has 9 nitrogen and oxygen atoms in total. The largest absolute Gasteiger partial charge is 0.384 e. The number of piperazine rings is 1. The van der Waals surface area contributed by atoms with Crippen LogP contribution in [0.5, 0.6) is 0 Å². The van der Waals surface area contributed by atoms with Gasteiger partial charge in [0.05, 0.1) is 18.9 Å². The van der Waals surface area contributed by atoms with Gasteiger partial charge in [0.25, 0.3) is 0 Å². The fourth-order valence-electron chi connectivity index (χ4n) is 5.71. The van der Waals surface area contributed by atoms with Gasteiger partial charge in [-0.2, -0.15) is 0 Å². The molecule has 9 heteroatoms. The highest BCUT2D eigenvalue weighted by Gasteiger charge is 2.46. The lowest BCUT2D eigenvalue weighted by molar-refractivity contribution is -0.138. The zero-order valence-electron chi connectivity index (χ0n) is 20.9. The maximum atomic E-state index is 13.5. The van der Waals surface area contributed by atoms with Crippen LogP contribution in [0.2, 0.25) is 0 Å². The highest BCUT2D eigenvalue weighted by molar-refractivity contribution is 5.85. The number of carbonyl (C=O) groups excluding carboxylic acids is 3. The summed E-state index contributed by atoms with van der Waals surface area (Å²) in [4.78, 5) is 50.2. The molecule has 3 amide bonds. The number of anilines is 1. The van der Waals surface area contributed by atoms with E-state index in [1.54, 1.807) is 13.3 Å². The molecule has 35 heavy (non-hydrogen) atoms. The van der Waals surface area contributed by atoms with Crippen molar-refractivity contribution in [3.63, 3.8) is 0 Å². The van der Waals surface area contributed by atoms with Gasteiger partial charge in [0, 0.05) is 64.5 Å². The molecule has 1 saturated carbocycles.